The van der Waals surface area contributed by atoms with Gasteiger partial charge in [0.1, 0.15) is 0 Å². The monoisotopic (exact) mass is 219 g/mol. The standard InChI is InChI=1S/C14H21NO/c1-3-7-14(16)10-15(11-14)9-13-6-4-5-12(2)8-13/h4-6,8,16H,3,7,9-11H2,1-2H3. The van der Waals surface area contributed by atoms with Gasteiger partial charge in [-0.25, -0.2) is 0 Å². The number of β-amino-alcohol motifs (C(OH)–C–C–N with tert-alkyl or cyclic N) is 1. The van der Waals surface area contributed by atoms with Gasteiger partial charge in [-0.15, -0.1) is 0 Å². The average molecular weight is 219 g/mol. The minimum Gasteiger partial charge on any atom is -0.387 e. The second-order valence-electron chi connectivity index (χ2n) is 5.11. The average Bonchev–Trinajstić information content (AvgIpc) is 2.15. The van der Waals surface area contributed by atoms with E-state index in [0.717, 1.165) is 32.5 Å². The van der Waals surface area contributed by atoms with Crippen LogP contribution in [0.25, 0.3) is 0 Å². The van der Waals surface area contributed by atoms with Gasteiger partial charge < -0.3 is 5.11 Å². The van der Waals surface area contributed by atoms with Crippen molar-refractivity contribution in [1.82, 2.24) is 4.90 Å². The largest absolute Gasteiger partial charge is 0.387 e. The molecule has 0 aliphatic carbocycles. The zero-order chi connectivity index (χ0) is 11.6. The third kappa shape index (κ3) is 2.63. The van der Waals surface area contributed by atoms with Crippen LogP contribution in [-0.4, -0.2) is 28.7 Å². The molecule has 0 aromatic heterocycles. The summed E-state index contributed by atoms with van der Waals surface area (Å²) < 4.78 is 0. The van der Waals surface area contributed by atoms with Gasteiger partial charge in [0.25, 0.3) is 0 Å². The van der Waals surface area contributed by atoms with E-state index in [1.807, 2.05) is 0 Å². The van der Waals surface area contributed by atoms with Crippen molar-refractivity contribution < 1.29 is 5.11 Å². The first-order valence-electron chi connectivity index (χ1n) is 6.11. The van der Waals surface area contributed by atoms with Crippen molar-refractivity contribution in [2.75, 3.05) is 13.1 Å². The first-order valence-corrected chi connectivity index (χ1v) is 6.11. The minimum absolute atomic E-state index is 0.404. The topological polar surface area (TPSA) is 23.5 Å². The van der Waals surface area contributed by atoms with Crippen LogP contribution in [0.5, 0.6) is 0 Å². The van der Waals surface area contributed by atoms with Crippen molar-refractivity contribution in [2.24, 2.45) is 0 Å². The van der Waals surface area contributed by atoms with Crippen molar-refractivity contribution in [2.45, 2.75) is 38.8 Å². The van der Waals surface area contributed by atoms with E-state index in [-0.39, 0.29) is 0 Å². The second kappa shape index (κ2) is 4.56. The summed E-state index contributed by atoms with van der Waals surface area (Å²) in [5.74, 6) is 0. The maximum atomic E-state index is 10.1. The van der Waals surface area contributed by atoms with Crippen LogP contribution in [-0.2, 0) is 6.54 Å². The van der Waals surface area contributed by atoms with Gasteiger partial charge >= 0.3 is 0 Å². The summed E-state index contributed by atoms with van der Waals surface area (Å²) in [6.07, 6.45) is 1.99. The molecule has 0 spiro atoms. The SMILES string of the molecule is CCCC1(O)CN(Cc2cccc(C)c2)C1. The van der Waals surface area contributed by atoms with Gasteiger partial charge in [0, 0.05) is 19.6 Å². The van der Waals surface area contributed by atoms with E-state index in [1.165, 1.54) is 11.1 Å². The summed E-state index contributed by atoms with van der Waals surface area (Å²) in [5, 5.41) is 10.1. The number of hydrogen-bond donors (Lipinski definition) is 1. The number of aryl methyl sites for hydroxylation is 1. The van der Waals surface area contributed by atoms with E-state index in [0.29, 0.717) is 0 Å². The van der Waals surface area contributed by atoms with E-state index < -0.39 is 5.60 Å². The highest BCUT2D eigenvalue weighted by atomic mass is 16.3. The fourth-order valence-corrected chi connectivity index (χ4v) is 2.59. The molecule has 2 rings (SSSR count). The second-order valence-corrected chi connectivity index (χ2v) is 5.11. The summed E-state index contributed by atoms with van der Waals surface area (Å²) in [4.78, 5) is 2.31. The first-order chi connectivity index (χ1) is 7.61. The molecule has 0 unspecified atom stereocenters. The molecule has 1 heterocycles. The molecule has 0 bridgehead atoms. The first kappa shape index (κ1) is 11.6. The number of likely N-dealkylation sites (tertiary alicyclic amines) is 1. The molecule has 0 atom stereocenters. The molecule has 1 aliphatic rings. The maximum absolute atomic E-state index is 10.1. The fraction of sp³-hybridized carbons (Fsp3) is 0.571. The molecule has 1 aromatic rings. The molecule has 16 heavy (non-hydrogen) atoms. The minimum atomic E-state index is -0.404. The van der Waals surface area contributed by atoms with Crippen LogP contribution in [0, 0.1) is 6.92 Å². The van der Waals surface area contributed by atoms with Crippen LogP contribution in [0.1, 0.15) is 30.9 Å². The van der Waals surface area contributed by atoms with E-state index in [2.05, 4.69) is 43.0 Å². The lowest BCUT2D eigenvalue weighted by molar-refractivity contribution is -0.106. The van der Waals surface area contributed by atoms with Gasteiger partial charge in [0.05, 0.1) is 5.60 Å². The van der Waals surface area contributed by atoms with Crippen LogP contribution in [0.2, 0.25) is 0 Å². The molecule has 1 saturated heterocycles. The Labute approximate surface area is 97.9 Å². The van der Waals surface area contributed by atoms with Crippen LogP contribution >= 0.6 is 0 Å². The zero-order valence-corrected chi connectivity index (χ0v) is 10.2. The normalized spacial score (nSPS) is 19.4. The molecule has 1 N–H and O–H groups in total. The third-order valence-corrected chi connectivity index (χ3v) is 3.24. The molecule has 0 amide bonds. The van der Waals surface area contributed by atoms with Crippen molar-refractivity contribution in [3.63, 3.8) is 0 Å². The Morgan fingerprint density at radius 3 is 2.75 bits per heavy atom. The van der Waals surface area contributed by atoms with E-state index in [1.54, 1.807) is 0 Å². The Kier molecular flexibility index (Phi) is 3.31. The predicted molar refractivity (Wildman–Crippen MR) is 66.3 cm³/mol. The molecule has 2 heteroatoms. The summed E-state index contributed by atoms with van der Waals surface area (Å²) >= 11 is 0. The molecule has 0 saturated carbocycles. The number of rotatable bonds is 4. The number of aliphatic hydroxyl groups is 1. The molecule has 88 valence electrons. The molecule has 1 aromatic carbocycles. The lowest BCUT2D eigenvalue weighted by Gasteiger charge is -2.46. The van der Waals surface area contributed by atoms with Crippen molar-refractivity contribution >= 4 is 0 Å². The van der Waals surface area contributed by atoms with Gasteiger partial charge in [-0.05, 0) is 18.9 Å². The quantitative estimate of drug-likeness (QED) is 0.840. The molecular weight excluding hydrogens is 198 g/mol. The molecule has 1 fully saturated rings. The molecular formula is C14H21NO. The van der Waals surface area contributed by atoms with E-state index in [4.69, 9.17) is 0 Å². The Morgan fingerprint density at radius 1 is 1.38 bits per heavy atom. The number of hydrogen-bond acceptors (Lipinski definition) is 2. The van der Waals surface area contributed by atoms with Gasteiger partial charge in [-0.1, -0.05) is 43.2 Å². The highest BCUT2D eigenvalue weighted by molar-refractivity contribution is 5.22. The lowest BCUT2D eigenvalue weighted by Crippen LogP contribution is -2.60. The summed E-state index contributed by atoms with van der Waals surface area (Å²) in [6.45, 7) is 6.87. The Hall–Kier alpha value is -0.860. The smallest absolute Gasteiger partial charge is 0.0900 e. The summed E-state index contributed by atoms with van der Waals surface area (Å²) in [6, 6.07) is 8.59. The van der Waals surface area contributed by atoms with E-state index >= 15 is 0 Å². The Balaban J connectivity index is 1.85. The number of nitrogens with zero attached hydrogens (tertiary/aromatic N) is 1. The Bertz CT molecular complexity index is 356. The van der Waals surface area contributed by atoms with Gasteiger partial charge in [0.15, 0.2) is 0 Å². The highest BCUT2D eigenvalue weighted by Crippen LogP contribution is 2.27. The van der Waals surface area contributed by atoms with Crippen LogP contribution in [0.15, 0.2) is 24.3 Å². The fourth-order valence-electron chi connectivity index (χ4n) is 2.59. The summed E-state index contributed by atoms with van der Waals surface area (Å²) in [5.41, 5.74) is 2.25. The van der Waals surface area contributed by atoms with Crippen LogP contribution in [0.3, 0.4) is 0 Å². The predicted octanol–water partition coefficient (Wildman–Crippen LogP) is 2.34. The van der Waals surface area contributed by atoms with Crippen molar-refractivity contribution in [3.8, 4) is 0 Å². The molecule has 1 aliphatic heterocycles. The maximum Gasteiger partial charge on any atom is 0.0900 e. The van der Waals surface area contributed by atoms with Gasteiger partial charge in [-0.3, -0.25) is 4.90 Å². The zero-order valence-electron chi connectivity index (χ0n) is 10.2. The lowest BCUT2D eigenvalue weighted by atomic mass is 9.89. The van der Waals surface area contributed by atoms with Gasteiger partial charge in [-0.2, -0.15) is 0 Å². The summed E-state index contributed by atoms with van der Waals surface area (Å²) in [7, 11) is 0. The molecule has 0 radical (unpaired) electrons. The van der Waals surface area contributed by atoms with Gasteiger partial charge in [0.2, 0.25) is 0 Å². The number of benzene rings is 1. The van der Waals surface area contributed by atoms with Crippen molar-refractivity contribution in [1.29, 1.82) is 0 Å². The third-order valence-electron chi connectivity index (χ3n) is 3.24. The van der Waals surface area contributed by atoms with Crippen molar-refractivity contribution in [3.05, 3.63) is 35.4 Å². The molecule has 2 nitrogen and oxygen atoms in total. The van der Waals surface area contributed by atoms with Crippen LogP contribution < -0.4 is 0 Å². The Morgan fingerprint density at radius 2 is 2.12 bits per heavy atom. The van der Waals surface area contributed by atoms with E-state index in [9.17, 15) is 5.11 Å². The highest BCUT2D eigenvalue weighted by Gasteiger charge is 2.39. The van der Waals surface area contributed by atoms with Crippen LogP contribution in [0.4, 0.5) is 0 Å².